The summed E-state index contributed by atoms with van der Waals surface area (Å²) < 4.78 is 19.2. The van der Waals surface area contributed by atoms with Gasteiger partial charge in [0.2, 0.25) is 0 Å². The van der Waals surface area contributed by atoms with E-state index in [2.05, 4.69) is 32.6 Å². The SMILES string of the molecule is Nc1nc(OCc2ccc(I)cc2)ncc1F. The van der Waals surface area contributed by atoms with Gasteiger partial charge in [0.25, 0.3) is 0 Å². The lowest BCUT2D eigenvalue weighted by atomic mass is 10.2. The Hall–Kier alpha value is -1.44. The van der Waals surface area contributed by atoms with Gasteiger partial charge in [-0.2, -0.15) is 4.98 Å². The van der Waals surface area contributed by atoms with E-state index in [0.29, 0.717) is 6.61 Å². The molecule has 0 radical (unpaired) electrons. The van der Waals surface area contributed by atoms with Crippen molar-refractivity contribution in [3.05, 3.63) is 45.4 Å². The third-order valence-corrected chi connectivity index (χ3v) is 2.75. The highest BCUT2D eigenvalue weighted by atomic mass is 127. The first kappa shape index (κ1) is 12.0. The van der Waals surface area contributed by atoms with Gasteiger partial charge in [-0.3, -0.25) is 0 Å². The number of anilines is 1. The number of nitrogens with zero attached hydrogens (tertiary/aromatic N) is 2. The maximum Gasteiger partial charge on any atom is 0.318 e. The fourth-order valence-corrected chi connectivity index (χ4v) is 1.52. The molecule has 1 aromatic heterocycles. The van der Waals surface area contributed by atoms with Crippen LogP contribution < -0.4 is 10.5 Å². The maximum atomic E-state index is 12.8. The number of aromatic nitrogens is 2. The van der Waals surface area contributed by atoms with Crippen LogP contribution in [0.3, 0.4) is 0 Å². The van der Waals surface area contributed by atoms with Gasteiger partial charge in [0, 0.05) is 3.57 Å². The Bertz CT molecular complexity index is 519. The number of benzene rings is 1. The molecule has 0 saturated heterocycles. The highest BCUT2D eigenvalue weighted by Crippen LogP contribution is 2.12. The molecule has 1 heterocycles. The fraction of sp³-hybridized carbons (Fsp3) is 0.0909. The lowest BCUT2D eigenvalue weighted by molar-refractivity contribution is 0.280. The second-order valence-corrected chi connectivity index (χ2v) is 4.55. The number of hydrogen-bond donors (Lipinski definition) is 1. The van der Waals surface area contributed by atoms with E-state index >= 15 is 0 Å². The molecular weight excluding hydrogens is 336 g/mol. The third kappa shape index (κ3) is 3.26. The van der Waals surface area contributed by atoms with Gasteiger partial charge in [0.05, 0.1) is 6.20 Å². The van der Waals surface area contributed by atoms with Crippen molar-refractivity contribution < 1.29 is 9.13 Å². The first-order chi connectivity index (χ1) is 8.15. The van der Waals surface area contributed by atoms with Crippen molar-refractivity contribution in [2.75, 3.05) is 5.73 Å². The topological polar surface area (TPSA) is 61.0 Å². The van der Waals surface area contributed by atoms with E-state index in [0.717, 1.165) is 15.3 Å². The summed E-state index contributed by atoms with van der Waals surface area (Å²) in [6.45, 7) is 0.321. The Morgan fingerprint density at radius 2 is 2.00 bits per heavy atom. The molecule has 0 fully saturated rings. The Morgan fingerprint density at radius 3 is 2.65 bits per heavy atom. The van der Waals surface area contributed by atoms with Gasteiger partial charge in [0.1, 0.15) is 6.61 Å². The van der Waals surface area contributed by atoms with Crippen molar-refractivity contribution in [3.63, 3.8) is 0 Å². The zero-order chi connectivity index (χ0) is 12.3. The minimum absolute atomic E-state index is 0.0717. The van der Waals surface area contributed by atoms with Crippen LogP contribution in [-0.4, -0.2) is 9.97 Å². The molecule has 0 aliphatic carbocycles. The van der Waals surface area contributed by atoms with E-state index < -0.39 is 5.82 Å². The Morgan fingerprint density at radius 1 is 1.29 bits per heavy atom. The van der Waals surface area contributed by atoms with E-state index in [9.17, 15) is 4.39 Å². The molecule has 2 N–H and O–H groups in total. The van der Waals surface area contributed by atoms with Crippen molar-refractivity contribution in [3.8, 4) is 6.01 Å². The summed E-state index contributed by atoms with van der Waals surface area (Å²) in [5.41, 5.74) is 6.29. The van der Waals surface area contributed by atoms with Crippen LogP contribution in [0.1, 0.15) is 5.56 Å². The quantitative estimate of drug-likeness (QED) is 0.868. The van der Waals surface area contributed by atoms with Crippen molar-refractivity contribution in [2.45, 2.75) is 6.61 Å². The smallest absolute Gasteiger partial charge is 0.318 e. The van der Waals surface area contributed by atoms with Crippen LogP contribution in [0.4, 0.5) is 10.2 Å². The minimum atomic E-state index is -0.647. The van der Waals surface area contributed by atoms with Gasteiger partial charge >= 0.3 is 6.01 Å². The van der Waals surface area contributed by atoms with Gasteiger partial charge in [-0.25, -0.2) is 9.37 Å². The van der Waals surface area contributed by atoms with Crippen LogP contribution >= 0.6 is 22.6 Å². The largest absolute Gasteiger partial charge is 0.459 e. The summed E-state index contributed by atoms with van der Waals surface area (Å²) in [5.74, 6) is -0.857. The van der Waals surface area contributed by atoms with Crippen molar-refractivity contribution >= 4 is 28.4 Å². The van der Waals surface area contributed by atoms with Crippen LogP contribution in [-0.2, 0) is 6.61 Å². The fourth-order valence-electron chi connectivity index (χ4n) is 1.16. The minimum Gasteiger partial charge on any atom is -0.459 e. The summed E-state index contributed by atoms with van der Waals surface area (Å²) in [6, 6.07) is 7.89. The third-order valence-electron chi connectivity index (χ3n) is 2.03. The molecule has 0 aliphatic rings. The molecule has 1 aromatic carbocycles. The summed E-state index contributed by atoms with van der Waals surface area (Å²) in [6.07, 6.45) is 0.992. The Kier molecular flexibility index (Phi) is 3.72. The van der Waals surface area contributed by atoms with Crippen LogP contribution in [0.25, 0.3) is 0 Å². The molecule has 0 atom stereocenters. The zero-order valence-electron chi connectivity index (χ0n) is 8.73. The van der Waals surface area contributed by atoms with Gasteiger partial charge in [-0.15, -0.1) is 0 Å². The predicted octanol–water partition coefficient (Wildman–Crippen LogP) is 2.38. The van der Waals surface area contributed by atoms with Crippen molar-refractivity contribution in [1.82, 2.24) is 9.97 Å². The molecule has 2 aromatic rings. The molecule has 0 bridgehead atoms. The summed E-state index contributed by atoms with van der Waals surface area (Å²) in [7, 11) is 0. The highest BCUT2D eigenvalue weighted by molar-refractivity contribution is 14.1. The number of halogens is 2. The molecule has 0 unspecified atom stereocenters. The molecule has 0 saturated carbocycles. The summed E-state index contributed by atoms with van der Waals surface area (Å²) in [5, 5.41) is 0. The Labute approximate surface area is 111 Å². The van der Waals surface area contributed by atoms with Crippen LogP contribution in [0.15, 0.2) is 30.5 Å². The van der Waals surface area contributed by atoms with Crippen LogP contribution in [0.5, 0.6) is 6.01 Å². The van der Waals surface area contributed by atoms with E-state index in [1.54, 1.807) is 0 Å². The molecule has 6 heteroatoms. The average molecular weight is 345 g/mol. The van der Waals surface area contributed by atoms with Crippen molar-refractivity contribution in [1.29, 1.82) is 0 Å². The standard InChI is InChI=1S/C11H9FIN3O/c12-9-5-15-11(16-10(9)14)17-6-7-1-3-8(13)4-2-7/h1-5H,6H2,(H2,14,15,16). The monoisotopic (exact) mass is 345 g/mol. The zero-order valence-corrected chi connectivity index (χ0v) is 10.9. The number of nitrogens with two attached hydrogens (primary N) is 1. The molecule has 0 spiro atoms. The molecule has 0 aliphatic heterocycles. The summed E-state index contributed by atoms with van der Waals surface area (Å²) in [4.78, 5) is 7.36. The van der Waals surface area contributed by atoms with Crippen LogP contribution in [0, 0.1) is 9.39 Å². The number of hydrogen-bond acceptors (Lipinski definition) is 4. The molecule has 17 heavy (non-hydrogen) atoms. The molecule has 4 nitrogen and oxygen atoms in total. The van der Waals surface area contributed by atoms with Gasteiger partial charge in [-0.05, 0) is 40.3 Å². The van der Waals surface area contributed by atoms with E-state index in [1.165, 1.54) is 0 Å². The lowest BCUT2D eigenvalue weighted by Gasteiger charge is -2.05. The van der Waals surface area contributed by atoms with E-state index in [1.807, 2.05) is 24.3 Å². The summed E-state index contributed by atoms with van der Waals surface area (Å²) >= 11 is 2.22. The van der Waals surface area contributed by atoms with Gasteiger partial charge in [0.15, 0.2) is 11.6 Å². The van der Waals surface area contributed by atoms with E-state index in [-0.39, 0.29) is 11.8 Å². The number of ether oxygens (including phenoxy) is 1. The molecular formula is C11H9FIN3O. The second kappa shape index (κ2) is 5.26. The number of nitrogen functional groups attached to an aromatic ring is 1. The normalized spacial score (nSPS) is 10.2. The lowest BCUT2D eigenvalue weighted by Crippen LogP contribution is -2.03. The number of rotatable bonds is 3. The highest BCUT2D eigenvalue weighted by Gasteiger charge is 2.04. The molecule has 2 rings (SSSR count). The predicted molar refractivity (Wildman–Crippen MR) is 69.9 cm³/mol. The van der Waals surface area contributed by atoms with Gasteiger partial charge < -0.3 is 10.5 Å². The van der Waals surface area contributed by atoms with Crippen LogP contribution in [0.2, 0.25) is 0 Å². The van der Waals surface area contributed by atoms with E-state index in [4.69, 9.17) is 10.5 Å². The molecule has 0 amide bonds. The first-order valence-corrected chi connectivity index (χ1v) is 5.88. The second-order valence-electron chi connectivity index (χ2n) is 3.30. The molecule has 88 valence electrons. The first-order valence-electron chi connectivity index (χ1n) is 4.80. The Balaban J connectivity index is 2.02. The maximum absolute atomic E-state index is 12.8. The van der Waals surface area contributed by atoms with Gasteiger partial charge in [-0.1, -0.05) is 12.1 Å². The van der Waals surface area contributed by atoms with Crippen molar-refractivity contribution in [2.24, 2.45) is 0 Å². The average Bonchev–Trinajstić information content (AvgIpc) is 2.33.